The van der Waals surface area contributed by atoms with E-state index >= 15 is 0 Å². The van der Waals surface area contributed by atoms with Crippen molar-refractivity contribution < 1.29 is 0 Å². The van der Waals surface area contributed by atoms with Crippen LogP contribution < -0.4 is 5.32 Å². The van der Waals surface area contributed by atoms with Crippen LogP contribution in [0.25, 0.3) is 0 Å². The van der Waals surface area contributed by atoms with Gasteiger partial charge in [0.25, 0.3) is 0 Å². The van der Waals surface area contributed by atoms with Gasteiger partial charge in [0.15, 0.2) is 0 Å². The maximum absolute atomic E-state index is 9.73. The molecular weight excluding hydrogens is 234 g/mol. The van der Waals surface area contributed by atoms with Crippen LogP contribution in [0.4, 0.5) is 0 Å². The van der Waals surface area contributed by atoms with Gasteiger partial charge in [-0.05, 0) is 38.5 Å². The highest BCUT2D eigenvalue weighted by atomic mass is 15.1. The van der Waals surface area contributed by atoms with Gasteiger partial charge in [-0.15, -0.1) is 0 Å². The van der Waals surface area contributed by atoms with Crippen molar-refractivity contribution in [1.29, 1.82) is 5.26 Å². The summed E-state index contributed by atoms with van der Waals surface area (Å²) in [6, 6.07) is 12.5. The van der Waals surface area contributed by atoms with Gasteiger partial charge in [0.05, 0.1) is 6.07 Å². The average Bonchev–Trinajstić information content (AvgIpc) is 2.45. The van der Waals surface area contributed by atoms with Crippen LogP contribution in [-0.4, -0.2) is 31.6 Å². The molecule has 0 spiro atoms. The first kappa shape index (κ1) is 15.7. The van der Waals surface area contributed by atoms with E-state index in [1.807, 2.05) is 30.3 Å². The van der Waals surface area contributed by atoms with Crippen LogP contribution in [0, 0.1) is 11.3 Å². The number of nitrogens with zero attached hydrogens (tertiary/aromatic N) is 2. The molecule has 0 radical (unpaired) electrons. The molecule has 1 atom stereocenters. The van der Waals surface area contributed by atoms with Crippen LogP contribution in [0.1, 0.15) is 32.3 Å². The van der Waals surface area contributed by atoms with E-state index in [0.717, 1.165) is 31.5 Å². The molecule has 3 nitrogen and oxygen atoms in total. The van der Waals surface area contributed by atoms with Gasteiger partial charge in [-0.25, -0.2) is 0 Å². The highest BCUT2D eigenvalue weighted by molar-refractivity contribution is 5.32. The molecule has 19 heavy (non-hydrogen) atoms. The lowest BCUT2D eigenvalue weighted by Gasteiger charge is -2.32. The largest absolute Gasteiger partial charge is 0.303 e. The fourth-order valence-electron chi connectivity index (χ4n) is 2.32. The smallest absolute Gasteiger partial charge is 0.145 e. The lowest BCUT2D eigenvalue weighted by Crippen LogP contribution is -2.49. The second-order valence-corrected chi connectivity index (χ2v) is 5.05. The van der Waals surface area contributed by atoms with E-state index in [1.54, 1.807) is 0 Å². The Labute approximate surface area is 117 Å². The minimum atomic E-state index is -0.610. The topological polar surface area (TPSA) is 39.1 Å². The van der Waals surface area contributed by atoms with Gasteiger partial charge >= 0.3 is 0 Å². The standard InChI is InChI=1S/C16H25N3/c1-4-11-18-16(13-17,14-19(3)12-5-2)15-9-7-6-8-10-15/h6-10,18H,4-5,11-12,14H2,1-3H3. The van der Waals surface area contributed by atoms with Crippen LogP contribution in [0.5, 0.6) is 0 Å². The molecule has 1 aromatic carbocycles. The molecular formula is C16H25N3. The number of nitriles is 1. The van der Waals surface area contributed by atoms with Gasteiger partial charge in [0.2, 0.25) is 0 Å². The van der Waals surface area contributed by atoms with E-state index in [9.17, 15) is 5.26 Å². The molecule has 0 heterocycles. The zero-order valence-corrected chi connectivity index (χ0v) is 12.3. The van der Waals surface area contributed by atoms with Crippen molar-refractivity contribution in [3.05, 3.63) is 35.9 Å². The summed E-state index contributed by atoms with van der Waals surface area (Å²) in [6.45, 7) is 6.84. The Morgan fingerprint density at radius 1 is 1.21 bits per heavy atom. The van der Waals surface area contributed by atoms with E-state index in [0.29, 0.717) is 6.54 Å². The Morgan fingerprint density at radius 2 is 1.89 bits per heavy atom. The minimum Gasteiger partial charge on any atom is -0.303 e. The molecule has 0 saturated carbocycles. The summed E-state index contributed by atoms with van der Waals surface area (Å²) in [5.41, 5.74) is 0.440. The van der Waals surface area contributed by atoms with Gasteiger partial charge in [0, 0.05) is 6.54 Å². The fraction of sp³-hybridized carbons (Fsp3) is 0.562. The molecule has 0 bridgehead atoms. The van der Waals surface area contributed by atoms with Gasteiger partial charge in [-0.3, -0.25) is 5.32 Å². The van der Waals surface area contributed by atoms with Gasteiger partial charge in [-0.2, -0.15) is 5.26 Å². The summed E-state index contributed by atoms with van der Waals surface area (Å²) in [5.74, 6) is 0. The second kappa shape index (κ2) is 7.93. The van der Waals surface area contributed by atoms with Crippen LogP contribution >= 0.6 is 0 Å². The van der Waals surface area contributed by atoms with Crippen molar-refractivity contribution in [2.45, 2.75) is 32.2 Å². The van der Waals surface area contributed by atoms with Crippen molar-refractivity contribution in [1.82, 2.24) is 10.2 Å². The van der Waals surface area contributed by atoms with Crippen molar-refractivity contribution in [2.75, 3.05) is 26.7 Å². The molecule has 1 N–H and O–H groups in total. The predicted octanol–water partition coefficient (Wildman–Crippen LogP) is 2.75. The van der Waals surface area contributed by atoms with E-state index in [2.05, 4.69) is 37.2 Å². The second-order valence-electron chi connectivity index (χ2n) is 5.05. The van der Waals surface area contributed by atoms with Crippen LogP contribution in [0.3, 0.4) is 0 Å². The first-order valence-corrected chi connectivity index (χ1v) is 7.09. The number of likely N-dealkylation sites (N-methyl/N-ethyl adjacent to an activating group) is 1. The van der Waals surface area contributed by atoms with Crippen LogP contribution in [0.2, 0.25) is 0 Å². The first-order chi connectivity index (χ1) is 9.18. The van der Waals surface area contributed by atoms with Crippen molar-refractivity contribution in [3.63, 3.8) is 0 Å². The van der Waals surface area contributed by atoms with Gasteiger partial charge < -0.3 is 4.90 Å². The zero-order chi connectivity index (χ0) is 14.1. The van der Waals surface area contributed by atoms with Gasteiger partial charge in [-0.1, -0.05) is 44.2 Å². The SMILES string of the molecule is CCCNC(C#N)(CN(C)CCC)c1ccccc1. The summed E-state index contributed by atoms with van der Waals surface area (Å²) in [5, 5.41) is 13.2. The molecule has 0 aromatic heterocycles. The lowest BCUT2D eigenvalue weighted by atomic mass is 9.90. The third-order valence-electron chi connectivity index (χ3n) is 3.25. The Bertz CT molecular complexity index is 396. The number of hydrogen-bond donors (Lipinski definition) is 1. The normalized spacial score (nSPS) is 14.1. The molecule has 0 aliphatic carbocycles. The molecule has 0 saturated heterocycles. The minimum absolute atomic E-state index is 0.610. The molecule has 1 rings (SSSR count). The Hall–Kier alpha value is -1.37. The van der Waals surface area contributed by atoms with Crippen molar-refractivity contribution in [2.24, 2.45) is 0 Å². The van der Waals surface area contributed by atoms with E-state index in [1.165, 1.54) is 0 Å². The molecule has 1 aromatic rings. The number of nitrogens with one attached hydrogen (secondary N) is 1. The summed E-state index contributed by atoms with van der Waals surface area (Å²) in [4.78, 5) is 2.22. The number of benzene rings is 1. The number of hydrogen-bond acceptors (Lipinski definition) is 3. The molecule has 104 valence electrons. The highest BCUT2D eigenvalue weighted by Crippen LogP contribution is 2.21. The molecule has 0 aliphatic rings. The quantitative estimate of drug-likeness (QED) is 0.780. The molecule has 0 amide bonds. The predicted molar refractivity (Wildman–Crippen MR) is 79.8 cm³/mol. The summed E-state index contributed by atoms with van der Waals surface area (Å²) < 4.78 is 0. The maximum atomic E-state index is 9.73. The van der Waals surface area contributed by atoms with Gasteiger partial charge in [0.1, 0.15) is 5.54 Å². The Balaban J connectivity index is 2.98. The fourth-order valence-corrected chi connectivity index (χ4v) is 2.32. The summed E-state index contributed by atoms with van der Waals surface area (Å²) >= 11 is 0. The molecule has 1 unspecified atom stereocenters. The van der Waals surface area contributed by atoms with Crippen LogP contribution in [0.15, 0.2) is 30.3 Å². The first-order valence-electron chi connectivity index (χ1n) is 7.09. The highest BCUT2D eigenvalue weighted by Gasteiger charge is 2.32. The summed E-state index contributed by atoms with van der Waals surface area (Å²) in [6.07, 6.45) is 2.12. The third-order valence-corrected chi connectivity index (χ3v) is 3.25. The molecule has 0 fully saturated rings. The Kier molecular flexibility index (Phi) is 6.55. The van der Waals surface area contributed by atoms with Crippen molar-refractivity contribution >= 4 is 0 Å². The molecule has 3 heteroatoms. The maximum Gasteiger partial charge on any atom is 0.145 e. The zero-order valence-electron chi connectivity index (χ0n) is 12.3. The summed E-state index contributed by atoms with van der Waals surface area (Å²) in [7, 11) is 2.08. The monoisotopic (exact) mass is 259 g/mol. The molecule has 0 aliphatic heterocycles. The van der Waals surface area contributed by atoms with E-state index in [-0.39, 0.29) is 0 Å². The third kappa shape index (κ3) is 4.34. The van der Waals surface area contributed by atoms with Crippen LogP contribution in [-0.2, 0) is 5.54 Å². The lowest BCUT2D eigenvalue weighted by molar-refractivity contribution is 0.250. The van der Waals surface area contributed by atoms with E-state index < -0.39 is 5.54 Å². The van der Waals surface area contributed by atoms with E-state index in [4.69, 9.17) is 0 Å². The Morgan fingerprint density at radius 3 is 2.42 bits per heavy atom. The van der Waals surface area contributed by atoms with Crippen molar-refractivity contribution in [3.8, 4) is 6.07 Å². The number of rotatable bonds is 8. The average molecular weight is 259 g/mol.